The molecule has 0 spiro atoms. The van der Waals surface area contributed by atoms with Crippen molar-refractivity contribution in [2.75, 3.05) is 0 Å². The Kier molecular flexibility index (Phi) is 4.24. The Morgan fingerprint density at radius 1 is 1.09 bits per heavy atom. The second-order valence-electron chi connectivity index (χ2n) is 5.56. The summed E-state index contributed by atoms with van der Waals surface area (Å²) in [7, 11) is 0. The van der Waals surface area contributed by atoms with Gasteiger partial charge in [-0.15, -0.1) is 0 Å². The monoisotopic (exact) mass is 306 g/mol. The first-order valence-corrected chi connectivity index (χ1v) is 7.59. The summed E-state index contributed by atoms with van der Waals surface area (Å²) in [5.74, 6) is -0.426. The summed E-state index contributed by atoms with van der Waals surface area (Å²) in [6.07, 6.45) is 2.05. The van der Waals surface area contributed by atoms with E-state index in [0.717, 1.165) is 29.2 Å². The van der Waals surface area contributed by atoms with Gasteiger partial charge in [-0.25, -0.2) is 0 Å². The highest BCUT2D eigenvalue weighted by molar-refractivity contribution is 5.91. The number of hydrogen-bond donors (Lipinski definition) is 1. The first kappa shape index (κ1) is 15.0. The first-order chi connectivity index (χ1) is 11.2. The molecule has 0 aliphatic carbocycles. The molecule has 4 heteroatoms. The standard InChI is InChI=1S/C19H18N2O2/c20-19(23)18(11-10-14-6-2-1-3-7-14)21-16(13-22)12-15-8-4-5-9-17(15)21/h1-9,12-13,18H,10-11H2,(H2,20,23). The number of carbonyl (C=O) groups is 2. The number of nitrogens with two attached hydrogens (primary N) is 1. The number of hydrogen-bond acceptors (Lipinski definition) is 2. The van der Waals surface area contributed by atoms with Gasteiger partial charge >= 0.3 is 0 Å². The molecule has 0 aliphatic heterocycles. The van der Waals surface area contributed by atoms with Crippen molar-refractivity contribution in [3.8, 4) is 0 Å². The van der Waals surface area contributed by atoms with Gasteiger partial charge in [0.25, 0.3) is 0 Å². The molecule has 0 saturated carbocycles. The number of nitrogens with zero attached hydrogens (tertiary/aromatic N) is 1. The first-order valence-electron chi connectivity index (χ1n) is 7.59. The number of aryl methyl sites for hydroxylation is 1. The molecule has 1 atom stereocenters. The van der Waals surface area contributed by atoms with Crippen LogP contribution >= 0.6 is 0 Å². The van der Waals surface area contributed by atoms with E-state index in [4.69, 9.17) is 5.73 Å². The average molecular weight is 306 g/mol. The fourth-order valence-electron chi connectivity index (χ4n) is 2.98. The van der Waals surface area contributed by atoms with Crippen LogP contribution in [0.2, 0.25) is 0 Å². The Morgan fingerprint density at radius 2 is 1.78 bits per heavy atom. The Bertz CT molecular complexity index is 837. The quantitative estimate of drug-likeness (QED) is 0.711. The molecule has 116 valence electrons. The van der Waals surface area contributed by atoms with Gasteiger partial charge in [-0.05, 0) is 30.5 Å². The van der Waals surface area contributed by atoms with Crippen LogP contribution in [0.4, 0.5) is 0 Å². The van der Waals surface area contributed by atoms with Crippen molar-refractivity contribution in [1.29, 1.82) is 0 Å². The molecule has 0 radical (unpaired) electrons. The average Bonchev–Trinajstić information content (AvgIpc) is 2.94. The van der Waals surface area contributed by atoms with Crippen molar-refractivity contribution in [2.24, 2.45) is 5.73 Å². The van der Waals surface area contributed by atoms with Gasteiger partial charge < -0.3 is 10.3 Å². The van der Waals surface area contributed by atoms with E-state index < -0.39 is 11.9 Å². The van der Waals surface area contributed by atoms with Crippen molar-refractivity contribution < 1.29 is 9.59 Å². The number of aldehydes is 1. The van der Waals surface area contributed by atoms with E-state index in [-0.39, 0.29) is 0 Å². The van der Waals surface area contributed by atoms with Crippen LogP contribution in [0.25, 0.3) is 10.9 Å². The summed E-state index contributed by atoms with van der Waals surface area (Å²) in [5, 5.41) is 0.931. The minimum absolute atomic E-state index is 0.426. The molecule has 2 N–H and O–H groups in total. The molecular formula is C19H18N2O2. The highest BCUT2D eigenvalue weighted by Gasteiger charge is 2.22. The fraction of sp³-hybridized carbons (Fsp3) is 0.158. The smallest absolute Gasteiger partial charge is 0.240 e. The molecule has 0 fully saturated rings. The number of primary amides is 1. The highest BCUT2D eigenvalue weighted by atomic mass is 16.1. The maximum atomic E-state index is 12.0. The van der Waals surface area contributed by atoms with Crippen LogP contribution < -0.4 is 5.73 Å². The van der Waals surface area contributed by atoms with Gasteiger partial charge in [-0.3, -0.25) is 9.59 Å². The van der Waals surface area contributed by atoms with Gasteiger partial charge in [0, 0.05) is 10.9 Å². The lowest BCUT2D eigenvalue weighted by Crippen LogP contribution is -2.28. The highest BCUT2D eigenvalue weighted by Crippen LogP contribution is 2.26. The summed E-state index contributed by atoms with van der Waals surface area (Å²) >= 11 is 0. The van der Waals surface area contributed by atoms with E-state index in [1.165, 1.54) is 0 Å². The molecule has 1 amide bonds. The maximum Gasteiger partial charge on any atom is 0.240 e. The summed E-state index contributed by atoms with van der Waals surface area (Å²) in [6.45, 7) is 0. The molecule has 0 aliphatic rings. The third-order valence-corrected chi connectivity index (χ3v) is 4.09. The van der Waals surface area contributed by atoms with Gasteiger partial charge in [0.1, 0.15) is 6.04 Å². The number of fused-ring (bicyclic) bond motifs is 1. The van der Waals surface area contributed by atoms with Crippen LogP contribution in [-0.4, -0.2) is 16.8 Å². The van der Waals surface area contributed by atoms with Gasteiger partial charge in [0.15, 0.2) is 6.29 Å². The third-order valence-electron chi connectivity index (χ3n) is 4.09. The van der Waals surface area contributed by atoms with E-state index >= 15 is 0 Å². The Labute approximate surface area is 134 Å². The zero-order chi connectivity index (χ0) is 16.2. The molecule has 23 heavy (non-hydrogen) atoms. The number of carbonyl (C=O) groups excluding carboxylic acids is 2. The summed E-state index contributed by atoms with van der Waals surface area (Å²) in [5.41, 5.74) is 8.10. The SMILES string of the molecule is NC(=O)C(CCc1ccccc1)n1c(C=O)cc2ccccc21. The number of aromatic nitrogens is 1. The fourth-order valence-corrected chi connectivity index (χ4v) is 2.98. The minimum Gasteiger partial charge on any atom is -0.368 e. The van der Waals surface area contributed by atoms with E-state index in [1.54, 1.807) is 10.6 Å². The number of benzene rings is 2. The van der Waals surface area contributed by atoms with Crippen LogP contribution in [0.3, 0.4) is 0 Å². The van der Waals surface area contributed by atoms with Gasteiger partial charge in [-0.1, -0.05) is 48.5 Å². The summed E-state index contributed by atoms with van der Waals surface area (Å²) < 4.78 is 1.76. The predicted octanol–water partition coefficient (Wildman–Crippen LogP) is 3.11. The van der Waals surface area contributed by atoms with Crippen molar-refractivity contribution >= 4 is 23.1 Å². The molecule has 0 saturated heterocycles. The third kappa shape index (κ3) is 3.01. The topological polar surface area (TPSA) is 65.1 Å². The lowest BCUT2D eigenvalue weighted by molar-refractivity contribution is -0.121. The van der Waals surface area contributed by atoms with Crippen molar-refractivity contribution in [1.82, 2.24) is 4.57 Å². The van der Waals surface area contributed by atoms with Crippen LogP contribution in [0.15, 0.2) is 60.7 Å². The van der Waals surface area contributed by atoms with E-state index in [1.807, 2.05) is 54.6 Å². The number of para-hydroxylation sites is 1. The lowest BCUT2D eigenvalue weighted by atomic mass is 10.0. The van der Waals surface area contributed by atoms with Crippen molar-refractivity contribution in [3.05, 3.63) is 71.9 Å². The van der Waals surface area contributed by atoms with Crippen molar-refractivity contribution in [3.63, 3.8) is 0 Å². The number of rotatable bonds is 6. The van der Waals surface area contributed by atoms with E-state index in [0.29, 0.717) is 12.1 Å². The molecule has 1 heterocycles. The van der Waals surface area contributed by atoms with Crippen LogP contribution in [-0.2, 0) is 11.2 Å². The normalized spacial score (nSPS) is 12.2. The number of amides is 1. The second kappa shape index (κ2) is 6.48. The molecule has 1 aromatic heterocycles. The lowest BCUT2D eigenvalue weighted by Gasteiger charge is -2.18. The summed E-state index contributed by atoms with van der Waals surface area (Å²) in [4.78, 5) is 23.4. The Balaban J connectivity index is 1.98. The largest absolute Gasteiger partial charge is 0.368 e. The Hall–Kier alpha value is -2.88. The molecule has 4 nitrogen and oxygen atoms in total. The van der Waals surface area contributed by atoms with E-state index in [2.05, 4.69) is 0 Å². The van der Waals surface area contributed by atoms with Crippen LogP contribution in [0, 0.1) is 0 Å². The molecule has 0 bridgehead atoms. The van der Waals surface area contributed by atoms with Crippen LogP contribution in [0.1, 0.15) is 28.5 Å². The molecule has 2 aromatic carbocycles. The zero-order valence-corrected chi connectivity index (χ0v) is 12.7. The maximum absolute atomic E-state index is 12.0. The van der Waals surface area contributed by atoms with E-state index in [9.17, 15) is 9.59 Å². The van der Waals surface area contributed by atoms with Gasteiger partial charge in [-0.2, -0.15) is 0 Å². The molecule has 3 aromatic rings. The van der Waals surface area contributed by atoms with Crippen LogP contribution in [0.5, 0.6) is 0 Å². The summed E-state index contributed by atoms with van der Waals surface area (Å²) in [6, 6.07) is 18.8. The molecular weight excluding hydrogens is 288 g/mol. The second-order valence-corrected chi connectivity index (χ2v) is 5.56. The zero-order valence-electron chi connectivity index (χ0n) is 12.7. The molecule has 1 unspecified atom stereocenters. The minimum atomic E-state index is -0.546. The Morgan fingerprint density at radius 3 is 2.48 bits per heavy atom. The van der Waals surface area contributed by atoms with Gasteiger partial charge in [0.2, 0.25) is 5.91 Å². The van der Waals surface area contributed by atoms with Crippen molar-refractivity contribution in [2.45, 2.75) is 18.9 Å². The molecule has 3 rings (SSSR count). The predicted molar refractivity (Wildman–Crippen MR) is 90.3 cm³/mol. The van der Waals surface area contributed by atoms with Gasteiger partial charge in [0.05, 0.1) is 5.69 Å².